The lowest BCUT2D eigenvalue weighted by molar-refractivity contribution is -0.274. The second kappa shape index (κ2) is 5.42. The molecule has 0 rings (SSSR count). The summed E-state index contributed by atoms with van der Waals surface area (Å²) in [6.07, 6.45) is -5.59. The van der Waals surface area contributed by atoms with E-state index in [4.69, 9.17) is 5.73 Å². The van der Waals surface area contributed by atoms with Gasteiger partial charge in [0.15, 0.2) is 0 Å². The zero-order valence-corrected chi connectivity index (χ0v) is 8.65. The normalized spacial score (nSPS) is 12.7. The number of alkyl halides is 5. The smallest absolute Gasteiger partial charge is 0.336 e. The van der Waals surface area contributed by atoms with Crippen LogP contribution in [0, 0.1) is 0 Å². The molecule has 0 saturated carbocycles. The van der Waals surface area contributed by atoms with Crippen molar-refractivity contribution in [3.63, 3.8) is 0 Å². The van der Waals surface area contributed by atoms with E-state index >= 15 is 0 Å². The van der Waals surface area contributed by atoms with Gasteiger partial charge < -0.3 is 10.6 Å². The molecule has 0 aromatic rings. The van der Waals surface area contributed by atoms with E-state index in [1.165, 1.54) is 0 Å². The van der Waals surface area contributed by atoms with Crippen LogP contribution in [0.1, 0.15) is 13.3 Å². The molecule has 16 heavy (non-hydrogen) atoms. The van der Waals surface area contributed by atoms with Crippen molar-refractivity contribution in [1.82, 2.24) is 4.90 Å². The Hall–Kier alpha value is -0.920. The molecular formula is C8H13F5N2O. The first-order valence-corrected chi connectivity index (χ1v) is 4.62. The first kappa shape index (κ1) is 15.1. The average Bonchev–Trinajstić information content (AvgIpc) is 2.14. The number of carbonyl (C=O) groups excluding carboxylic acids is 1. The van der Waals surface area contributed by atoms with E-state index in [-0.39, 0.29) is 26.1 Å². The first-order valence-electron chi connectivity index (χ1n) is 4.62. The zero-order chi connectivity index (χ0) is 13.0. The Morgan fingerprint density at radius 2 is 1.69 bits per heavy atom. The molecule has 0 bridgehead atoms. The summed E-state index contributed by atoms with van der Waals surface area (Å²) in [7, 11) is 0. The fourth-order valence-electron chi connectivity index (χ4n) is 1.06. The Labute approximate surface area is 89.4 Å². The van der Waals surface area contributed by atoms with Crippen LogP contribution in [-0.4, -0.2) is 42.5 Å². The highest BCUT2D eigenvalue weighted by Gasteiger charge is 2.64. The minimum atomic E-state index is -5.87. The number of carbonyl (C=O) groups is 1. The largest absolute Gasteiger partial charge is 0.463 e. The van der Waals surface area contributed by atoms with Crippen LogP contribution in [-0.2, 0) is 4.79 Å². The molecule has 0 aliphatic heterocycles. The minimum Gasteiger partial charge on any atom is -0.336 e. The van der Waals surface area contributed by atoms with Crippen LogP contribution >= 0.6 is 0 Å². The van der Waals surface area contributed by atoms with Gasteiger partial charge in [0.05, 0.1) is 0 Å². The third-order valence-corrected chi connectivity index (χ3v) is 1.80. The second-order valence-corrected chi connectivity index (χ2v) is 3.15. The quantitative estimate of drug-likeness (QED) is 0.747. The summed E-state index contributed by atoms with van der Waals surface area (Å²) in [5.74, 6) is -7.59. The Bertz CT molecular complexity index is 235. The van der Waals surface area contributed by atoms with E-state index in [2.05, 4.69) is 0 Å². The van der Waals surface area contributed by atoms with Crippen molar-refractivity contribution in [3.05, 3.63) is 0 Å². The molecule has 1 amide bonds. The van der Waals surface area contributed by atoms with E-state index < -0.39 is 18.0 Å². The van der Waals surface area contributed by atoms with Crippen LogP contribution in [0.5, 0.6) is 0 Å². The molecule has 3 nitrogen and oxygen atoms in total. The van der Waals surface area contributed by atoms with Gasteiger partial charge in [-0.2, -0.15) is 22.0 Å². The standard InChI is InChI=1S/C8H13F5N2O/c1-2-4-15(5-3-14)6(16)7(9,10)8(11,12)13/h2-5,14H2,1H3. The van der Waals surface area contributed by atoms with Crippen molar-refractivity contribution in [3.8, 4) is 0 Å². The summed E-state index contributed by atoms with van der Waals surface area (Å²) < 4.78 is 61.0. The topological polar surface area (TPSA) is 46.3 Å². The third kappa shape index (κ3) is 3.29. The van der Waals surface area contributed by atoms with Gasteiger partial charge in [0.1, 0.15) is 0 Å². The number of nitrogens with zero attached hydrogens (tertiary/aromatic N) is 1. The molecule has 0 aliphatic rings. The van der Waals surface area contributed by atoms with E-state index in [0.717, 1.165) is 0 Å². The van der Waals surface area contributed by atoms with Gasteiger partial charge in [-0.15, -0.1) is 0 Å². The Morgan fingerprint density at radius 3 is 2.00 bits per heavy atom. The van der Waals surface area contributed by atoms with E-state index in [1.807, 2.05) is 0 Å². The third-order valence-electron chi connectivity index (χ3n) is 1.80. The lowest BCUT2D eigenvalue weighted by Crippen LogP contribution is -2.53. The van der Waals surface area contributed by atoms with Gasteiger partial charge in [0, 0.05) is 19.6 Å². The molecule has 0 spiro atoms. The predicted octanol–water partition coefficient (Wildman–Crippen LogP) is 1.38. The summed E-state index contributed by atoms with van der Waals surface area (Å²) >= 11 is 0. The molecular weight excluding hydrogens is 235 g/mol. The van der Waals surface area contributed by atoms with Gasteiger partial charge in [-0.3, -0.25) is 4.79 Å². The fourth-order valence-corrected chi connectivity index (χ4v) is 1.06. The number of halogens is 5. The van der Waals surface area contributed by atoms with Crippen LogP contribution in [0.2, 0.25) is 0 Å². The van der Waals surface area contributed by atoms with Gasteiger partial charge in [-0.25, -0.2) is 0 Å². The minimum absolute atomic E-state index is 0.167. The molecule has 0 fully saturated rings. The van der Waals surface area contributed by atoms with Crippen LogP contribution in [0.15, 0.2) is 0 Å². The molecule has 0 atom stereocenters. The molecule has 0 aliphatic carbocycles. The summed E-state index contributed by atoms with van der Waals surface area (Å²) in [5.41, 5.74) is 5.03. The highest BCUT2D eigenvalue weighted by Crippen LogP contribution is 2.36. The van der Waals surface area contributed by atoms with Crippen molar-refractivity contribution in [2.45, 2.75) is 25.4 Å². The average molecular weight is 248 g/mol. The highest BCUT2D eigenvalue weighted by atomic mass is 19.4. The van der Waals surface area contributed by atoms with Crippen molar-refractivity contribution in [2.24, 2.45) is 5.73 Å². The lowest BCUT2D eigenvalue weighted by atomic mass is 10.2. The maximum Gasteiger partial charge on any atom is 0.463 e. The number of rotatable bonds is 5. The Kier molecular flexibility index (Phi) is 5.11. The number of hydrogen-bond donors (Lipinski definition) is 1. The van der Waals surface area contributed by atoms with Crippen LogP contribution < -0.4 is 5.73 Å². The maximum atomic E-state index is 12.7. The fraction of sp³-hybridized carbons (Fsp3) is 0.875. The Balaban J connectivity index is 4.85. The summed E-state index contributed by atoms with van der Waals surface area (Å²) in [6, 6.07) is 0. The van der Waals surface area contributed by atoms with Gasteiger partial charge in [0.2, 0.25) is 0 Å². The summed E-state index contributed by atoms with van der Waals surface area (Å²) in [4.78, 5) is 11.4. The van der Waals surface area contributed by atoms with Gasteiger partial charge in [-0.05, 0) is 6.42 Å². The van der Waals surface area contributed by atoms with Crippen molar-refractivity contribution < 1.29 is 26.7 Å². The zero-order valence-electron chi connectivity index (χ0n) is 8.65. The van der Waals surface area contributed by atoms with Crippen LogP contribution in [0.25, 0.3) is 0 Å². The first-order chi connectivity index (χ1) is 7.18. The van der Waals surface area contributed by atoms with E-state index in [9.17, 15) is 26.7 Å². The van der Waals surface area contributed by atoms with E-state index in [0.29, 0.717) is 4.90 Å². The van der Waals surface area contributed by atoms with E-state index in [1.54, 1.807) is 6.92 Å². The maximum absolute atomic E-state index is 12.7. The molecule has 0 aromatic heterocycles. The SMILES string of the molecule is CCCN(CCN)C(=O)C(F)(F)C(F)(F)F. The number of nitrogens with two attached hydrogens (primary N) is 1. The van der Waals surface area contributed by atoms with Gasteiger partial charge >= 0.3 is 18.0 Å². The van der Waals surface area contributed by atoms with Crippen molar-refractivity contribution >= 4 is 5.91 Å². The monoisotopic (exact) mass is 248 g/mol. The summed E-state index contributed by atoms with van der Waals surface area (Å²) in [6.45, 7) is 0.891. The number of hydrogen-bond acceptors (Lipinski definition) is 2. The molecule has 0 heterocycles. The van der Waals surface area contributed by atoms with Crippen LogP contribution in [0.4, 0.5) is 22.0 Å². The molecule has 2 N–H and O–H groups in total. The molecule has 0 saturated heterocycles. The lowest BCUT2D eigenvalue weighted by Gasteiger charge is -2.27. The van der Waals surface area contributed by atoms with Gasteiger partial charge in [-0.1, -0.05) is 6.92 Å². The molecule has 0 unspecified atom stereocenters. The molecule has 96 valence electrons. The number of amides is 1. The van der Waals surface area contributed by atoms with Crippen molar-refractivity contribution in [1.29, 1.82) is 0 Å². The Morgan fingerprint density at radius 1 is 1.19 bits per heavy atom. The summed E-state index contributed by atoms with van der Waals surface area (Å²) in [5, 5.41) is 0. The highest BCUT2D eigenvalue weighted by molar-refractivity contribution is 5.84. The van der Waals surface area contributed by atoms with Gasteiger partial charge in [0.25, 0.3) is 0 Å². The van der Waals surface area contributed by atoms with Crippen molar-refractivity contribution in [2.75, 3.05) is 19.6 Å². The van der Waals surface area contributed by atoms with Crippen LogP contribution in [0.3, 0.4) is 0 Å². The molecule has 0 aromatic carbocycles. The molecule has 8 heteroatoms. The molecule has 0 radical (unpaired) electrons. The predicted molar refractivity (Wildman–Crippen MR) is 46.9 cm³/mol. The second-order valence-electron chi connectivity index (χ2n) is 3.15.